The molecule has 0 aromatic carbocycles. The Morgan fingerprint density at radius 1 is 1.22 bits per heavy atom. The van der Waals surface area contributed by atoms with Crippen LogP contribution in [0.4, 0.5) is 4.79 Å². The molecule has 0 unspecified atom stereocenters. The molecule has 0 aromatic heterocycles. The molecule has 18 heavy (non-hydrogen) atoms. The van der Waals surface area contributed by atoms with Crippen LogP contribution in [0.15, 0.2) is 0 Å². The third-order valence-corrected chi connectivity index (χ3v) is 3.46. The van der Waals surface area contributed by atoms with Gasteiger partial charge in [-0.05, 0) is 45.4 Å². The average Bonchev–Trinajstić information content (AvgIpc) is 2.48. The lowest BCUT2D eigenvalue weighted by Crippen LogP contribution is -2.37. The fourth-order valence-corrected chi connectivity index (χ4v) is 2.50. The number of hydrogen-bond acceptors (Lipinski definition) is 3. The third-order valence-electron chi connectivity index (χ3n) is 3.46. The zero-order valence-corrected chi connectivity index (χ0v) is 11.9. The lowest BCUT2D eigenvalue weighted by molar-refractivity contribution is 0.0504. The van der Waals surface area contributed by atoms with Gasteiger partial charge in [-0.2, -0.15) is 0 Å². The Morgan fingerprint density at radius 3 is 2.39 bits per heavy atom. The van der Waals surface area contributed by atoms with Gasteiger partial charge in [0, 0.05) is 13.2 Å². The number of ether oxygens (including phenoxy) is 1. The van der Waals surface area contributed by atoms with Crippen LogP contribution in [-0.4, -0.2) is 30.0 Å². The molecule has 106 valence electrons. The van der Waals surface area contributed by atoms with E-state index < -0.39 is 5.60 Å². The fraction of sp³-hybridized carbons (Fsp3) is 0.929. The van der Waals surface area contributed by atoms with Crippen molar-refractivity contribution in [2.45, 2.75) is 58.5 Å². The second-order valence-corrected chi connectivity index (χ2v) is 6.22. The molecule has 1 fully saturated rings. The Kier molecular flexibility index (Phi) is 5.93. The number of nitrogens with one attached hydrogen (secondary N) is 1. The number of aliphatic hydroxyl groups excluding tert-OH is 1. The highest BCUT2D eigenvalue weighted by atomic mass is 16.6. The van der Waals surface area contributed by atoms with Crippen LogP contribution < -0.4 is 5.32 Å². The highest BCUT2D eigenvalue weighted by molar-refractivity contribution is 5.67. The van der Waals surface area contributed by atoms with Crippen LogP contribution in [-0.2, 0) is 4.74 Å². The second kappa shape index (κ2) is 6.98. The molecule has 0 heterocycles. The highest BCUT2D eigenvalue weighted by Gasteiger charge is 2.24. The normalized spacial score (nSPS) is 25.3. The Labute approximate surface area is 110 Å². The molecule has 2 N–H and O–H groups in total. The molecule has 2 atom stereocenters. The van der Waals surface area contributed by atoms with Gasteiger partial charge < -0.3 is 15.2 Å². The van der Waals surface area contributed by atoms with E-state index in [1.807, 2.05) is 20.8 Å². The molecule has 1 amide bonds. The molecule has 1 saturated carbocycles. The van der Waals surface area contributed by atoms with Crippen molar-refractivity contribution in [2.24, 2.45) is 11.8 Å². The predicted octanol–water partition coefficient (Wildman–Crippen LogP) is 2.70. The van der Waals surface area contributed by atoms with Gasteiger partial charge in [0.05, 0.1) is 0 Å². The lowest BCUT2D eigenvalue weighted by atomic mass is 9.88. The molecule has 1 aliphatic rings. The van der Waals surface area contributed by atoms with E-state index in [0.29, 0.717) is 18.4 Å². The molecule has 1 aliphatic carbocycles. The molecule has 0 radical (unpaired) electrons. The van der Waals surface area contributed by atoms with Gasteiger partial charge in [-0.25, -0.2) is 4.79 Å². The van der Waals surface area contributed by atoms with Gasteiger partial charge in [0.1, 0.15) is 5.60 Å². The smallest absolute Gasteiger partial charge is 0.407 e. The Hall–Kier alpha value is -0.770. The molecule has 0 saturated heterocycles. The fourth-order valence-electron chi connectivity index (χ4n) is 2.50. The van der Waals surface area contributed by atoms with Crippen molar-refractivity contribution in [2.75, 3.05) is 13.2 Å². The van der Waals surface area contributed by atoms with E-state index >= 15 is 0 Å². The average molecular weight is 257 g/mol. The largest absolute Gasteiger partial charge is 0.444 e. The van der Waals surface area contributed by atoms with E-state index in [1.165, 1.54) is 19.3 Å². The van der Waals surface area contributed by atoms with Crippen molar-refractivity contribution in [3.8, 4) is 0 Å². The first kappa shape index (κ1) is 15.3. The number of alkyl carbamates (subject to hydrolysis) is 1. The number of amides is 1. The van der Waals surface area contributed by atoms with Crippen LogP contribution in [0.2, 0.25) is 0 Å². The van der Waals surface area contributed by atoms with Crippen molar-refractivity contribution < 1.29 is 14.6 Å². The maximum atomic E-state index is 11.6. The van der Waals surface area contributed by atoms with E-state index in [0.717, 1.165) is 12.8 Å². The summed E-state index contributed by atoms with van der Waals surface area (Å²) < 4.78 is 5.22. The first-order valence-corrected chi connectivity index (χ1v) is 7.00. The van der Waals surface area contributed by atoms with Crippen molar-refractivity contribution in [3.05, 3.63) is 0 Å². The molecular weight excluding hydrogens is 230 g/mol. The summed E-state index contributed by atoms with van der Waals surface area (Å²) in [6, 6.07) is 0. The van der Waals surface area contributed by atoms with Crippen LogP contribution in [0.25, 0.3) is 0 Å². The van der Waals surface area contributed by atoms with Crippen molar-refractivity contribution in [3.63, 3.8) is 0 Å². The van der Waals surface area contributed by atoms with Crippen LogP contribution in [0.1, 0.15) is 52.9 Å². The van der Waals surface area contributed by atoms with Gasteiger partial charge in [0.25, 0.3) is 0 Å². The minimum Gasteiger partial charge on any atom is -0.444 e. The molecule has 1 rings (SSSR count). The van der Waals surface area contributed by atoms with Gasteiger partial charge >= 0.3 is 6.09 Å². The van der Waals surface area contributed by atoms with E-state index in [1.54, 1.807) is 0 Å². The minimum atomic E-state index is -0.454. The molecule has 0 aromatic rings. The predicted molar refractivity (Wildman–Crippen MR) is 71.4 cm³/mol. The van der Waals surface area contributed by atoms with E-state index in [-0.39, 0.29) is 12.7 Å². The van der Waals surface area contributed by atoms with Crippen molar-refractivity contribution in [1.29, 1.82) is 0 Å². The summed E-state index contributed by atoms with van der Waals surface area (Å²) in [6.45, 7) is 6.40. The number of hydrogen-bond donors (Lipinski definition) is 2. The number of rotatable bonds is 3. The maximum Gasteiger partial charge on any atom is 0.407 e. The van der Waals surface area contributed by atoms with Gasteiger partial charge in [-0.1, -0.05) is 19.3 Å². The summed E-state index contributed by atoms with van der Waals surface area (Å²) in [6.07, 6.45) is 5.41. The second-order valence-electron chi connectivity index (χ2n) is 6.22. The Morgan fingerprint density at radius 2 is 1.83 bits per heavy atom. The summed E-state index contributed by atoms with van der Waals surface area (Å²) in [5, 5.41) is 12.2. The van der Waals surface area contributed by atoms with Crippen LogP contribution in [0, 0.1) is 11.8 Å². The summed E-state index contributed by atoms with van der Waals surface area (Å²) >= 11 is 0. The van der Waals surface area contributed by atoms with Gasteiger partial charge in [0.15, 0.2) is 0 Å². The summed E-state index contributed by atoms with van der Waals surface area (Å²) in [5.41, 5.74) is -0.454. The van der Waals surface area contributed by atoms with E-state index in [9.17, 15) is 9.90 Å². The Bertz CT molecular complexity index is 260. The highest BCUT2D eigenvalue weighted by Crippen LogP contribution is 2.28. The standard InChI is InChI=1S/C14H27NO3/c1-14(2,3)18-13(17)15-9-11-7-5-4-6-8-12(11)10-16/h11-12,16H,4-10H2,1-3H3,(H,15,17)/t11-,12-/m0/s1. The van der Waals surface area contributed by atoms with Gasteiger partial charge in [-0.3, -0.25) is 0 Å². The number of carbonyl (C=O) groups excluding carboxylic acids is 1. The molecular formula is C14H27NO3. The minimum absolute atomic E-state index is 0.223. The first-order chi connectivity index (χ1) is 8.42. The monoisotopic (exact) mass is 257 g/mol. The number of aliphatic hydroxyl groups is 1. The molecule has 0 bridgehead atoms. The quantitative estimate of drug-likeness (QED) is 0.764. The molecule has 4 nitrogen and oxygen atoms in total. The Balaban J connectivity index is 2.37. The third kappa shape index (κ3) is 5.71. The zero-order chi connectivity index (χ0) is 13.6. The van der Waals surface area contributed by atoms with Crippen molar-refractivity contribution >= 4 is 6.09 Å². The summed E-state index contributed by atoms with van der Waals surface area (Å²) in [7, 11) is 0. The summed E-state index contributed by atoms with van der Waals surface area (Å²) in [4.78, 5) is 11.6. The summed E-state index contributed by atoms with van der Waals surface area (Å²) in [5.74, 6) is 0.701. The van der Waals surface area contributed by atoms with Crippen molar-refractivity contribution in [1.82, 2.24) is 5.32 Å². The van der Waals surface area contributed by atoms with E-state index in [2.05, 4.69) is 5.32 Å². The van der Waals surface area contributed by atoms with Crippen LogP contribution in [0.3, 0.4) is 0 Å². The first-order valence-electron chi connectivity index (χ1n) is 7.00. The SMILES string of the molecule is CC(C)(C)OC(=O)NC[C@@H]1CCCCC[C@H]1CO. The van der Waals surface area contributed by atoms with Gasteiger partial charge in [-0.15, -0.1) is 0 Å². The van der Waals surface area contributed by atoms with E-state index in [4.69, 9.17) is 4.74 Å². The topological polar surface area (TPSA) is 58.6 Å². The molecule has 4 heteroatoms. The lowest BCUT2D eigenvalue weighted by Gasteiger charge is -2.25. The van der Waals surface area contributed by atoms with Gasteiger partial charge in [0.2, 0.25) is 0 Å². The number of carbonyl (C=O) groups is 1. The van der Waals surface area contributed by atoms with Crippen LogP contribution >= 0.6 is 0 Å². The molecule has 0 spiro atoms. The van der Waals surface area contributed by atoms with Crippen LogP contribution in [0.5, 0.6) is 0 Å². The zero-order valence-electron chi connectivity index (χ0n) is 11.9. The maximum absolute atomic E-state index is 11.6. The molecule has 0 aliphatic heterocycles.